The molecule has 0 radical (unpaired) electrons. The van der Waals surface area contributed by atoms with E-state index >= 15 is 0 Å². The van der Waals surface area contributed by atoms with E-state index in [0.29, 0.717) is 6.54 Å². The topological polar surface area (TPSA) is 35.9 Å². The minimum Gasteiger partial charge on any atom is -0.496 e. The van der Waals surface area contributed by atoms with E-state index < -0.39 is 0 Å². The molecule has 0 bridgehead atoms. The Kier molecular flexibility index (Phi) is 5.25. The van der Waals surface area contributed by atoms with Gasteiger partial charge in [0.25, 0.3) is 0 Å². The van der Waals surface area contributed by atoms with Gasteiger partial charge in [-0.2, -0.15) is 5.06 Å². The van der Waals surface area contributed by atoms with Gasteiger partial charge in [0.05, 0.1) is 13.7 Å². The second-order valence-electron chi connectivity index (χ2n) is 3.98. The second-order valence-corrected chi connectivity index (χ2v) is 3.98. The molecule has 1 aromatic carbocycles. The molecular formula is C13H22N2O2. The van der Waals surface area contributed by atoms with Gasteiger partial charge in [-0.05, 0) is 19.9 Å². The lowest BCUT2D eigenvalue weighted by Gasteiger charge is -2.22. The van der Waals surface area contributed by atoms with Crippen LogP contribution in [0.3, 0.4) is 0 Å². The largest absolute Gasteiger partial charge is 0.496 e. The predicted octanol–water partition coefficient (Wildman–Crippen LogP) is 2.36. The fourth-order valence-corrected chi connectivity index (χ4v) is 1.90. The van der Waals surface area contributed by atoms with Crippen LogP contribution < -0.4 is 9.64 Å². The number of rotatable bonds is 6. The van der Waals surface area contributed by atoms with E-state index in [1.165, 1.54) is 0 Å². The maximum absolute atomic E-state index is 9.26. The number of benzene rings is 1. The third-order valence-electron chi connectivity index (χ3n) is 2.80. The van der Waals surface area contributed by atoms with Crippen molar-refractivity contribution >= 4 is 5.69 Å². The first-order chi connectivity index (χ1) is 8.12. The van der Waals surface area contributed by atoms with E-state index in [-0.39, 0.29) is 0 Å². The van der Waals surface area contributed by atoms with Gasteiger partial charge in [-0.3, -0.25) is 0 Å². The number of nitrogens with zero attached hydrogens (tertiary/aromatic N) is 2. The third kappa shape index (κ3) is 3.61. The highest BCUT2D eigenvalue weighted by molar-refractivity contribution is 5.53. The zero-order valence-corrected chi connectivity index (χ0v) is 11.1. The van der Waals surface area contributed by atoms with Crippen molar-refractivity contribution in [3.05, 3.63) is 23.8 Å². The van der Waals surface area contributed by atoms with Crippen LogP contribution in [0.15, 0.2) is 18.2 Å². The normalized spacial score (nSPS) is 10.7. The van der Waals surface area contributed by atoms with Crippen molar-refractivity contribution in [3.8, 4) is 5.75 Å². The van der Waals surface area contributed by atoms with Crippen LogP contribution in [-0.2, 0) is 6.54 Å². The van der Waals surface area contributed by atoms with Crippen molar-refractivity contribution in [2.75, 3.05) is 32.1 Å². The summed E-state index contributed by atoms with van der Waals surface area (Å²) in [7, 11) is 3.28. The molecule has 0 aliphatic heterocycles. The summed E-state index contributed by atoms with van der Waals surface area (Å²) in [6, 6.07) is 6.08. The van der Waals surface area contributed by atoms with Crippen molar-refractivity contribution in [1.29, 1.82) is 0 Å². The van der Waals surface area contributed by atoms with Crippen LogP contribution >= 0.6 is 0 Å². The lowest BCUT2D eigenvalue weighted by Crippen LogP contribution is -2.22. The molecule has 0 spiro atoms. The predicted molar refractivity (Wildman–Crippen MR) is 69.8 cm³/mol. The van der Waals surface area contributed by atoms with Crippen LogP contribution in [0.25, 0.3) is 0 Å². The molecule has 0 aliphatic carbocycles. The number of methoxy groups -OCH3 is 1. The molecule has 4 nitrogen and oxygen atoms in total. The summed E-state index contributed by atoms with van der Waals surface area (Å²) < 4.78 is 5.36. The van der Waals surface area contributed by atoms with Crippen molar-refractivity contribution in [2.45, 2.75) is 20.4 Å². The molecule has 1 N–H and O–H groups in total. The van der Waals surface area contributed by atoms with E-state index in [1.807, 2.05) is 12.1 Å². The Balaban J connectivity index is 2.99. The highest BCUT2D eigenvalue weighted by Gasteiger charge is 2.09. The first kappa shape index (κ1) is 13.8. The first-order valence-electron chi connectivity index (χ1n) is 5.94. The van der Waals surface area contributed by atoms with Crippen LogP contribution in [0.5, 0.6) is 5.75 Å². The van der Waals surface area contributed by atoms with Gasteiger partial charge >= 0.3 is 0 Å². The fraction of sp³-hybridized carbons (Fsp3) is 0.538. The molecule has 96 valence electrons. The van der Waals surface area contributed by atoms with Crippen molar-refractivity contribution in [3.63, 3.8) is 0 Å². The second kappa shape index (κ2) is 6.47. The number of hydrogen-bond donors (Lipinski definition) is 1. The van der Waals surface area contributed by atoms with E-state index in [2.05, 4.69) is 24.8 Å². The molecule has 1 rings (SSSR count). The maximum Gasteiger partial charge on any atom is 0.125 e. The number of ether oxygens (including phenoxy) is 1. The molecule has 0 unspecified atom stereocenters. The standard InChI is InChI=1S/C13H22N2O2/c1-5-15(6-2)12-8-7-11(10-14(3)16)13(9-12)17-4/h7-9,16H,5-6,10H2,1-4H3. The molecule has 1 aromatic rings. The molecule has 0 amide bonds. The van der Waals surface area contributed by atoms with Gasteiger partial charge in [-0.25, -0.2) is 0 Å². The zero-order chi connectivity index (χ0) is 12.8. The lowest BCUT2D eigenvalue weighted by molar-refractivity contribution is -0.0735. The summed E-state index contributed by atoms with van der Waals surface area (Å²) in [5.41, 5.74) is 2.13. The molecule has 0 heterocycles. The molecule has 0 fully saturated rings. The fourth-order valence-electron chi connectivity index (χ4n) is 1.90. The Morgan fingerprint density at radius 2 is 1.88 bits per heavy atom. The van der Waals surface area contributed by atoms with Crippen LogP contribution in [0.4, 0.5) is 5.69 Å². The van der Waals surface area contributed by atoms with E-state index in [4.69, 9.17) is 4.74 Å². The lowest BCUT2D eigenvalue weighted by atomic mass is 10.1. The number of hydrogen-bond acceptors (Lipinski definition) is 4. The minimum absolute atomic E-state index is 0.460. The van der Waals surface area contributed by atoms with Gasteiger partial charge in [0.2, 0.25) is 0 Å². The summed E-state index contributed by atoms with van der Waals surface area (Å²) in [5, 5.41) is 10.4. The Hall–Kier alpha value is -1.26. The van der Waals surface area contributed by atoms with Crippen molar-refractivity contribution in [1.82, 2.24) is 5.06 Å². The maximum atomic E-state index is 9.26. The van der Waals surface area contributed by atoms with Gasteiger partial charge in [0.15, 0.2) is 0 Å². The molecule has 4 heteroatoms. The van der Waals surface area contributed by atoms with Gasteiger partial charge < -0.3 is 14.8 Å². The van der Waals surface area contributed by atoms with Gasteiger partial charge in [-0.15, -0.1) is 0 Å². The third-order valence-corrected chi connectivity index (χ3v) is 2.80. The molecule has 0 atom stereocenters. The van der Waals surface area contributed by atoms with Crippen LogP contribution in [-0.4, -0.2) is 37.5 Å². The highest BCUT2D eigenvalue weighted by Crippen LogP contribution is 2.26. The van der Waals surface area contributed by atoms with Gasteiger partial charge in [0, 0.05) is 37.5 Å². The van der Waals surface area contributed by atoms with Crippen molar-refractivity contribution in [2.24, 2.45) is 0 Å². The summed E-state index contributed by atoms with van der Waals surface area (Å²) in [6.45, 7) is 6.66. The highest BCUT2D eigenvalue weighted by atomic mass is 16.5. The molecule has 17 heavy (non-hydrogen) atoms. The smallest absolute Gasteiger partial charge is 0.125 e. The minimum atomic E-state index is 0.460. The number of anilines is 1. The van der Waals surface area contributed by atoms with Crippen LogP contribution in [0, 0.1) is 0 Å². The number of hydroxylamine groups is 2. The average Bonchev–Trinajstić information content (AvgIpc) is 2.31. The van der Waals surface area contributed by atoms with Crippen LogP contribution in [0.1, 0.15) is 19.4 Å². The first-order valence-corrected chi connectivity index (χ1v) is 5.94. The Morgan fingerprint density at radius 1 is 1.24 bits per heavy atom. The quantitative estimate of drug-likeness (QED) is 0.772. The zero-order valence-electron chi connectivity index (χ0n) is 11.1. The molecule has 0 aromatic heterocycles. The molecule has 0 saturated heterocycles. The van der Waals surface area contributed by atoms with Crippen LogP contribution in [0.2, 0.25) is 0 Å². The molecular weight excluding hydrogens is 216 g/mol. The summed E-state index contributed by atoms with van der Waals surface area (Å²) in [4.78, 5) is 2.26. The van der Waals surface area contributed by atoms with Gasteiger partial charge in [-0.1, -0.05) is 6.07 Å². The monoisotopic (exact) mass is 238 g/mol. The summed E-state index contributed by atoms with van der Waals surface area (Å²) >= 11 is 0. The van der Waals surface area contributed by atoms with Gasteiger partial charge in [0.1, 0.15) is 5.75 Å². The van der Waals surface area contributed by atoms with Crippen molar-refractivity contribution < 1.29 is 9.94 Å². The molecule has 0 aliphatic rings. The van der Waals surface area contributed by atoms with E-state index in [9.17, 15) is 5.21 Å². The Labute approximate surface area is 103 Å². The summed E-state index contributed by atoms with van der Waals surface area (Å²) in [6.07, 6.45) is 0. The SMILES string of the molecule is CCN(CC)c1ccc(CN(C)O)c(OC)c1. The average molecular weight is 238 g/mol. The Morgan fingerprint density at radius 3 is 2.35 bits per heavy atom. The summed E-state index contributed by atoms with van der Waals surface area (Å²) in [5.74, 6) is 0.815. The van der Waals surface area contributed by atoms with E-state index in [1.54, 1.807) is 14.2 Å². The molecule has 0 saturated carbocycles. The van der Waals surface area contributed by atoms with E-state index in [0.717, 1.165) is 35.2 Å². The Bertz CT molecular complexity index is 349.